The van der Waals surface area contributed by atoms with Gasteiger partial charge in [-0.05, 0) is 49.6 Å². The van der Waals surface area contributed by atoms with Gasteiger partial charge in [-0.3, -0.25) is 14.5 Å². The minimum Gasteiger partial charge on any atom is -0.355 e. The monoisotopic (exact) mass is 327 g/mol. The van der Waals surface area contributed by atoms with Crippen molar-refractivity contribution in [3.05, 3.63) is 41.5 Å². The van der Waals surface area contributed by atoms with E-state index < -0.39 is 0 Å². The van der Waals surface area contributed by atoms with Crippen LogP contribution < -0.4 is 10.6 Å². The standard InChI is InChI=1S/C19H25N3O2/c1-20-19(24)15-8-5-14(6-9-15)7-10-18(23)21-16-11-13-22-12-3-2-4-17(16)22/h5-10,16-17H,2-4,11-13H2,1H3,(H,20,24)(H,21,23)/b10-7-/t16-,17+/m1/s1. The Morgan fingerprint density at radius 3 is 2.67 bits per heavy atom. The molecule has 0 radical (unpaired) electrons. The summed E-state index contributed by atoms with van der Waals surface area (Å²) in [6, 6.07) is 7.99. The number of hydrogen-bond donors (Lipinski definition) is 2. The fourth-order valence-corrected chi connectivity index (χ4v) is 3.71. The third-order valence-electron chi connectivity index (χ3n) is 5.01. The summed E-state index contributed by atoms with van der Waals surface area (Å²) in [7, 11) is 1.61. The molecule has 2 amide bonds. The normalized spacial score (nSPS) is 23.9. The molecule has 128 valence electrons. The van der Waals surface area contributed by atoms with E-state index in [0.29, 0.717) is 11.6 Å². The summed E-state index contributed by atoms with van der Waals surface area (Å²) in [5.74, 6) is -0.149. The van der Waals surface area contributed by atoms with Gasteiger partial charge < -0.3 is 10.6 Å². The van der Waals surface area contributed by atoms with Crippen molar-refractivity contribution in [2.24, 2.45) is 0 Å². The molecule has 2 atom stereocenters. The number of fused-ring (bicyclic) bond motifs is 1. The van der Waals surface area contributed by atoms with Gasteiger partial charge in [0.05, 0.1) is 0 Å². The zero-order valence-corrected chi connectivity index (χ0v) is 14.1. The summed E-state index contributed by atoms with van der Waals surface area (Å²) >= 11 is 0. The van der Waals surface area contributed by atoms with Crippen LogP contribution in [0.2, 0.25) is 0 Å². The van der Waals surface area contributed by atoms with Gasteiger partial charge in [-0.1, -0.05) is 18.6 Å². The largest absolute Gasteiger partial charge is 0.355 e. The first-order chi connectivity index (χ1) is 11.7. The maximum absolute atomic E-state index is 12.2. The Labute approximate surface area is 143 Å². The molecule has 2 aliphatic heterocycles. The van der Waals surface area contributed by atoms with E-state index in [-0.39, 0.29) is 17.9 Å². The molecule has 5 heteroatoms. The topological polar surface area (TPSA) is 61.4 Å². The Kier molecular flexibility index (Phi) is 5.30. The lowest BCUT2D eigenvalue weighted by Crippen LogP contribution is -2.46. The number of amides is 2. The zero-order valence-electron chi connectivity index (χ0n) is 14.1. The Morgan fingerprint density at radius 1 is 1.12 bits per heavy atom. The minimum atomic E-state index is -0.110. The number of carbonyl (C=O) groups excluding carboxylic acids is 2. The van der Waals surface area contributed by atoms with Gasteiger partial charge in [0, 0.05) is 37.3 Å². The van der Waals surface area contributed by atoms with Crippen LogP contribution in [0.15, 0.2) is 30.3 Å². The van der Waals surface area contributed by atoms with E-state index in [9.17, 15) is 9.59 Å². The Bertz CT molecular complexity index is 624. The van der Waals surface area contributed by atoms with Crippen LogP contribution in [0.1, 0.15) is 41.6 Å². The molecule has 2 fully saturated rings. The molecular formula is C19H25N3O2. The van der Waals surface area contributed by atoms with Crippen LogP contribution in [0.5, 0.6) is 0 Å². The van der Waals surface area contributed by atoms with Crippen LogP contribution in [0.3, 0.4) is 0 Å². The molecule has 0 saturated carbocycles. The predicted octanol–water partition coefficient (Wildman–Crippen LogP) is 1.80. The number of nitrogens with zero attached hydrogens (tertiary/aromatic N) is 1. The van der Waals surface area contributed by atoms with E-state index >= 15 is 0 Å². The van der Waals surface area contributed by atoms with Crippen LogP contribution in [0.4, 0.5) is 0 Å². The average Bonchev–Trinajstić information content (AvgIpc) is 3.03. The molecule has 0 bridgehead atoms. The SMILES string of the molecule is CNC(=O)c1ccc(/C=C\C(=O)N[C@@H]2CCN3CCCC[C@@H]23)cc1. The lowest BCUT2D eigenvalue weighted by molar-refractivity contribution is -0.117. The van der Waals surface area contributed by atoms with Crippen molar-refractivity contribution >= 4 is 17.9 Å². The van der Waals surface area contributed by atoms with Gasteiger partial charge in [0.15, 0.2) is 0 Å². The first-order valence-corrected chi connectivity index (χ1v) is 8.72. The van der Waals surface area contributed by atoms with Crippen molar-refractivity contribution in [2.75, 3.05) is 20.1 Å². The van der Waals surface area contributed by atoms with E-state index in [4.69, 9.17) is 0 Å². The van der Waals surface area contributed by atoms with E-state index in [1.54, 1.807) is 31.3 Å². The number of benzene rings is 1. The summed E-state index contributed by atoms with van der Waals surface area (Å²) in [4.78, 5) is 26.2. The van der Waals surface area contributed by atoms with Crippen molar-refractivity contribution in [1.82, 2.24) is 15.5 Å². The van der Waals surface area contributed by atoms with Crippen molar-refractivity contribution in [1.29, 1.82) is 0 Å². The van der Waals surface area contributed by atoms with Crippen LogP contribution in [-0.4, -0.2) is 48.9 Å². The molecule has 2 saturated heterocycles. The molecule has 5 nitrogen and oxygen atoms in total. The van der Waals surface area contributed by atoms with Crippen LogP contribution in [0, 0.1) is 0 Å². The summed E-state index contributed by atoms with van der Waals surface area (Å²) in [6.45, 7) is 2.27. The van der Waals surface area contributed by atoms with Gasteiger partial charge in [0.1, 0.15) is 0 Å². The van der Waals surface area contributed by atoms with Crippen LogP contribution in [0.25, 0.3) is 6.08 Å². The molecule has 2 N–H and O–H groups in total. The van der Waals surface area contributed by atoms with Crippen molar-refractivity contribution in [3.8, 4) is 0 Å². The van der Waals surface area contributed by atoms with Gasteiger partial charge in [-0.2, -0.15) is 0 Å². The number of piperidine rings is 1. The smallest absolute Gasteiger partial charge is 0.251 e. The van der Waals surface area contributed by atoms with E-state index in [1.165, 1.54) is 25.8 Å². The molecule has 2 aliphatic rings. The minimum absolute atomic E-state index is 0.0391. The van der Waals surface area contributed by atoms with Gasteiger partial charge in [-0.15, -0.1) is 0 Å². The van der Waals surface area contributed by atoms with Crippen LogP contribution in [-0.2, 0) is 4.79 Å². The number of hydrogen-bond acceptors (Lipinski definition) is 3. The fraction of sp³-hybridized carbons (Fsp3) is 0.474. The molecular weight excluding hydrogens is 302 g/mol. The molecule has 0 aliphatic carbocycles. The number of rotatable bonds is 4. The second-order valence-corrected chi connectivity index (χ2v) is 6.54. The highest BCUT2D eigenvalue weighted by Gasteiger charge is 2.35. The first kappa shape index (κ1) is 16.7. The van der Waals surface area contributed by atoms with Crippen molar-refractivity contribution in [2.45, 2.75) is 37.8 Å². The van der Waals surface area contributed by atoms with Gasteiger partial charge in [0.25, 0.3) is 5.91 Å². The Balaban J connectivity index is 1.54. The molecule has 0 unspecified atom stereocenters. The predicted molar refractivity (Wildman–Crippen MR) is 94.6 cm³/mol. The summed E-state index contributed by atoms with van der Waals surface area (Å²) < 4.78 is 0. The van der Waals surface area contributed by atoms with E-state index in [0.717, 1.165) is 18.5 Å². The van der Waals surface area contributed by atoms with E-state index in [1.807, 2.05) is 12.1 Å². The highest BCUT2D eigenvalue weighted by Crippen LogP contribution is 2.27. The molecule has 0 spiro atoms. The lowest BCUT2D eigenvalue weighted by atomic mass is 9.99. The maximum Gasteiger partial charge on any atom is 0.251 e. The second kappa shape index (κ2) is 7.62. The molecule has 0 aromatic heterocycles. The quantitative estimate of drug-likeness (QED) is 0.829. The number of nitrogens with one attached hydrogen (secondary N) is 2. The van der Waals surface area contributed by atoms with Gasteiger partial charge >= 0.3 is 0 Å². The molecule has 24 heavy (non-hydrogen) atoms. The van der Waals surface area contributed by atoms with E-state index in [2.05, 4.69) is 15.5 Å². The first-order valence-electron chi connectivity index (χ1n) is 8.72. The van der Waals surface area contributed by atoms with Crippen molar-refractivity contribution < 1.29 is 9.59 Å². The van der Waals surface area contributed by atoms with Crippen molar-refractivity contribution in [3.63, 3.8) is 0 Å². The Morgan fingerprint density at radius 2 is 1.92 bits per heavy atom. The highest BCUT2D eigenvalue weighted by atomic mass is 16.2. The van der Waals surface area contributed by atoms with Crippen LogP contribution >= 0.6 is 0 Å². The summed E-state index contributed by atoms with van der Waals surface area (Å²) in [6.07, 6.45) is 8.15. The average molecular weight is 327 g/mol. The molecule has 1 aromatic carbocycles. The Hall–Kier alpha value is -2.14. The molecule has 3 rings (SSSR count). The maximum atomic E-state index is 12.2. The highest BCUT2D eigenvalue weighted by molar-refractivity contribution is 5.94. The van der Waals surface area contributed by atoms with Gasteiger partial charge in [-0.25, -0.2) is 0 Å². The summed E-state index contributed by atoms with van der Waals surface area (Å²) in [5, 5.41) is 5.74. The third-order valence-corrected chi connectivity index (χ3v) is 5.01. The lowest BCUT2D eigenvalue weighted by Gasteiger charge is -2.32. The number of carbonyl (C=O) groups is 2. The molecule has 1 aromatic rings. The fourth-order valence-electron chi connectivity index (χ4n) is 3.71. The zero-order chi connectivity index (χ0) is 16.9. The van der Waals surface area contributed by atoms with Gasteiger partial charge in [0.2, 0.25) is 5.91 Å². The second-order valence-electron chi connectivity index (χ2n) is 6.54. The molecule has 2 heterocycles. The third kappa shape index (κ3) is 3.85. The summed E-state index contributed by atoms with van der Waals surface area (Å²) in [5.41, 5.74) is 1.52.